The zero-order valence-corrected chi connectivity index (χ0v) is 17.0. The van der Waals surface area contributed by atoms with Gasteiger partial charge < -0.3 is 15.8 Å². The summed E-state index contributed by atoms with van der Waals surface area (Å²) in [5, 5.41) is 4.65. The molecule has 0 aliphatic rings. The number of rotatable bonds is 4. The molecule has 0 spiro atoms. The van der Waals surface area contributed by atoms with E-state index in [1.54, 1.807) is 6.07 Å². The van der Waals surface area contributed by atoms with Crippen molar-refractivity contribution < 1.29 is 4.74 Å². The Hall–Kier alpha value is -3.59. The monoisotopic (exact) mass is 414 g/mol. The molecule has 3 N–H and O–H groups in total. The Balaban J connectivity index is 1.61. The van der Waals surface area contributed by atoms with Gasteiger partial charge in [-0.1, -0.05) is 41.6 Å². The highest BCUT2D eigenvalue weighted by Crippen LogP contribution is 2.33. The lowest BCUT2D eigenvalue weighted by Gasteiger charge is -2.11. The van der Waals surface area contributed by atoms with Gasteiger partial charge in [-0.05, 0) is 55.5 Å². The molecule has 0 amide bonds. The van der Waals surface area contributed by atoms with Crippen molar-refractivity contribution in [2.45, 2.75) is 13.0 Å². The molecule has 4 aromatic rings. The number of hydrogen-bond acceptors (Lipinski definition) is 5. The van der Waals surface area contributed by atoms with Gasteiger partial charge in [0.05, 0.1) is 16.6 Å². The molecule has 4 rings (SSSR count). The lowest BCUT2D eigenvalue weighted by atomic mass is 10.1. The maximum atomic E-state index is 6.43. The summed E-state index contributed by atoms with van der Waals surface area (Å²) in [6.07, 6.45) is 1.52. The maximum Gasteiger partial charge on any atom is 0.146 e. The molecular weight excluding hydrogens is 396 g/mol. The molecule has 5 nitrogen and oxygen atoms in total. The predicted octanol–water partition coefficient (Wildman–Crippen LogP) is 5.52. The number of aromatic nitrogens is 2. The van der Waals surface area contributed by atoms with Gasteiger partial charge in [-0.15, -0.1) is 0 Å². The van der Waals surface area contributed by atoms with Crippen molar-refractivity contribution >= 4 is 34.0 Å². The molecule has 0 radical (unpaired) electrons. The van der Waals surface area contributed by atoms with Crippen LogP contribution < -0.4 is 15.8 Å². The smallest absolute Gasteiger partial charge is 0.146 e. The molecule has 0 aliphatic heterocycles. The fourth-order valence-corrected chi connectivity index (χ4v) is 3.06. The van der Waals surface area contributed by atoms with Gasteiger partial charge in [-0.25, -0.2) is 9.97 Å². The van der Waals surface area contributed by atoms with E-state index in [1.807, 2.05) is 67.6 Å². The first-order valence-electron chi connectivity index (χ1n) is 9.40. The highest BCUT2D eigenvalue weighted by Gasteiger charge is 2.08. The summed E-state index contributed by atoms with van der Waals surface area (Å²) in [4.78, 5) is 8.72. The number of halogens is 1. The van der Waals surface area contributed by atoms with Crippen molar-refractivity contribution in [1.29, 1.82) is 0 Å². The van der Waals surface area contributed by atoms with E-state index >= 15 is 0 Å². The molecule has 3 aromatic carbocycles. The molecule has 0 fully saturated rings. The molecular formula is C24H19ClN4O. The Morgan fingerprint density at radius 1 is 1.03 bits per heavy atom. The number of hydrogen-bond donors (Lipinski definition) is 2. The number of nitrogens with two attached hydrogens (primary N) is 1. The van der Waals surface area contributed by atoms with Crippen LogP contribution in [-0.2, 0) is 0 Å². The van der Waals surface area contributed by atoms with Crippen LogP contribution in [0.2, 0.25) is 5.02 Å². The minimum absolute atomic E-state index is 0.191. The van der Waals surface area contributed by atoms with Crippen LogP contribution in [0, 0.1) is 11.8 Å². The van der Waals surface area contributed by atoms with E-state index in [0.29, 0.717) is 16.6 Å². The highest BCUT2D eigenvalue weighted by atomic mass is 35.5. The summed E-state index contributed by atoms with van der Waals surface area (Å²) in [6.45, 7) is 1.85. The van der Waals surface area contributed by atoms with Crippen molar-refractivity contribution in [3.05, 3.63) is 83.6 Å². The lowest BCUT2D eigenvalue weighted by molar-refractivity contribution is 0.483. The summed E-state index contributed by atoms with van der Waals surface area (Å²) in [5.41, 5.74) is 8.17. The van der Waals surface area contributed by atoms with Gasteiger partial charge in [0.15, 0.2) is 0 Å². The van der Waals surface area contributed by atoms with Crippen LogP contribution in [0.4, 0.5) is 11.5 Å². The topological polar surface area (TPSA) is 73.1 Å². The standard InChI is InChI=1S/C24H19ClN4O/c1-16(26)7-8-17-9-11-22-20(13-17)24(28-15-27-22)29-18-10-12-23(21(25)14-18)30-19-5-3-2-4-6-19/h2-6,9-16H,26H2,1H3,(H,27,28,29). The van der Waals surface area contributed by atoms with E-state index in [9.17, 15) is 0 Å². The largest absolute Gasteiger partial charge is 0.456 e. The SMILES string of the molecule is CC(N)C#Cc1ccc2ncnc(Nc3ccc(Oc4ccccc4)c(Cl)c3)c2c1. The van der Waals surface area contributed by atoms with Crippen LogP contribution in [0.3, 0.4) is 0 Å². The number of ether oxygens (including phenoxy) is 1. The second-order valence-corrected chi connectivity index (χ2v) is 7.10. The number of nitrogens with zero attached hydrogens (tertiary/aromatic N) is 2. The summed E-state index contributed by atoms with van der Waals surface area (Å²) in [5.74, 6) is 8.00. The van der Waals surface area contributed by atoms with Gasteiger partial charge in [-0.2, -0.15) is 0 Å². The van der Waals surface area contributed by atoms with Gasteiger partial charge in [0, 0.05) is 16.6 Å². The molecule has 148 valence electrons. The lowest BCUT2D eigenvalue weighted by Crippen LogP contribution is -2.10. The maximum absolute atomic E-state index is 6.43. The third-order valence-electron chi connectivity index (χ3n) is 4.25. The quantitative estimate of drug-likeness (QED) is 0.430. The van der Waals surface area contributed by atoms with Gasteiger partial charge in [0.2, 0.25) is 0 Å². The number of benzene rings is 3. The molecule has 0 saturated heterocycles. The molecule has 0 aliphatic carbocycles. The van der Waals surface area contributed by atoms with E-state index < -0.39 is 0 Å². The molecule has 30 heavy (non-hydrogen) atoms. The minimum atomic E-state index is -0.191. The molecule has 1 unspecified atom stereocenters. The number of nitrogens with one attached hydrogen (secondary N) is 1. The minimum Gasteiger partial charge on any atom is -0.456 e. The van der Waals surface area contributed by atoms with Crippen LogP contribution in [0.15, 0.2) is 73.1 Å². The number of anilines is 2. The third kappa shape index (κ3) is 4.69. The van der Waals surface area contributed by atoms with E-state index in [0.717, 1.165) is 27.9 Å². The van der Waals surface area contributed by atoms with Crippen LogP contribution >= 0.6 is 11.6 Å². The number of fused-ring (bicyclic) bond motifs is 1. The fraction of sp³-hybridized carbons (Fsp3) is 0.0833. The summed E-state index contributed by atoms with van der Waals surface area (Å²) >= 11 is 6.43. The molecule has 1 atom stereocenters. The van der Waals surface area contributed by atoms with Gasteiger partial charge in [-0.3, -0.25) is 0 Å². The van der Waals surface area contributed by atoms with Crippen molar-refractivity contribution in [2.24, 2.45) is 5.73 Å². The highest BCUT2D eigenvalue weighted by molar-refractivity contribution is 6.32. The average molecular weight is 415 g/mol. The second-order valence-electron chi connectivity index (χ2n) is 6.70. The third-order valence-corrected chi connectivity index (χ3v) is 4.54. The average Bonchev–Trinajstić information content (AvgIpc) is 2.75. The van der Waals surface area contributed by atoms with Crippen LogP contribution in [0.5, 0.6) is 11.5 Å². The second kappa shape index (κ2) is 8.83. The Kier molecular flexibility index (Phi) is 5.80. The molecule has 0 bridgehead atoms. The van der Waals surface area contributed by atoms with Crippen molar-refractivity contribution in [3.8, 4) is 23.3 Å². The molecule has 0 saturated carbocycles. The number of para-hydroxylation sites is 1. The first-order chi connectivity index (χ1) is 14.6. The molecule has 6 heteroatoms. The Bertz CT molecular complexity index is 1250. The van der Waals surface area contributed by atoms with Crippen molar-refractivity contribution in [1.82, 2.24) is 9.97 Å². The van der Waals surface area contributed by atoms with Gasteiger partial charge in [0.1, 0.15) is 23.6 Å². The predicted molar refractivity (Wildman–Crippen MR) is 121 cm³/mol. The molecule has 1 aromatic heterocycles. The van der Waals surface area contributed by atoms with E-state index in [4.69, 9.17) is 22.1 Å². The van der Waals surface area contributed by atoms with Gasteiger partial charge in [0.25, 0.3) is 0 Å². The van der Waals surface area contributed by atoms with E-state index in [-0.39, 0.29) is 6.04 Å². The summed E-state index contributed by atoms with van der Waals surface area (Å²) < 4.78 is 5.84. The fourth-order valence-electron chi connectivity index (χ4n) is 2.84. The zero-order chi connectivity index (χ0) is 20.9. The molecule has 1 heterocycles. The Morgan fingerprint density at radius 2 is 1.87 bits per heavy atom. The van der Waals surface area contributed by atoms with E-state index in [1.165, 1.54) is 6.33 Å². The first-order valence-corrected chi connectivity index (χ1v) is 9.77. The van der Waals surface area contributed by atoms with Crippen molar-refractivity contribution in [2.75, 3.05) is 5.32 Å². The zero-order valence-electron chi connectivity index (χ0n) is 16.3. The van der Waals surface area contributed by atoms with Crippen molar-refractivity contribution in [3.63, 3.8) is 0 Å². The van der Waals surface area contributed by atoms with Crippen LogP contribution in [-0.4, -0.2) is 16.0 Å². The summed E-state index contributed by atoms with van der Waals surface area (Å²) in [6, 6.07) is 20.6. The first kappa shape index (κ1) is 19.7. The van der Waals surface area contributed by atoms with Crippen LogP contribution in [0.1, 0.15) is 12.5 Å². The van der Waals surface area contributed by atoms with Crippen LogP contribution in [0.25, 0.3) is 10.9 Å². The van der Waals surface area contributed by atoms with E-state index in [2.05, 4.69) is 27.1 Å². The normalized spacial score (nSPS) is 11.4. The summed E-state index contributed by atoms with van der Waals surface area (Å²) in [7, 11) is 0. The Morgan fingerprint density at radius 3 is 2.63 bits per heavy atom. The Labute approximate surface area is 179 Å². The van der Waals surface area contributed by atoms with Gasteiger partial charge >= 0.3 is 0 Å².